The van der Waals surface area contributed by atoms with Crippen LogP contribution >= 0.6 is 27.4 Å². The molecule has 2 aromatic heterocycles. The fraction of sp³-hybridized carbons (Fsp3) is 0.389. The summed E-state index contributed by atoms with van der Waals surface area (Å²) in [6.07, 6.45) is 0.678. The molecule has 1 saturated heterocycles. The highest BCUT2D eigenvalue weighted by molar-refractivity contribution is 8.00. The first-order valence-electron chi connectivity index (χ1n) is 10.0. The number of hydrogen-bond acceptors (Lipinski definition) is 12. The van der Waals surface area contributed by atoms with Gasteiger partial charge >= 0.3 is 15.6 Å². The largest absolute Gasteiger partial charge is 0.472 e. The Kier molecular flexibility index (Phi) is 7.65. The van der Waals surface area contributed by atoms with Gasteiger partial charge in [-0.05, 0) is 12.1 Å². The Morgan fingerprint density at radius 3 is 2.57 bits per heavy atom. The lowest BCUT2D eigenvalue weighted by Gasteiger charge is -2.34. The first-order chi connectivity index (χ1) is 16.6. The smallest absolute Gasteiger partial charge is 0.382 e. The van der Waals surface area contributed by atoms with Gasteiger partial charge < -0.3 is 20.3 Å². The molecule has 1 aliphatic rings. The van der Waals surface area contributed by atoms with E-state index in [0.29, 0.717) is 16.1 Å². The van der Waals surface area contributed by atoms with Crippen molar-refractivity contribution in [1.29, 1.82) is 0 Å². The minimum absolute atomic E-state index is 0.00478. The summed E-state index contributed by atoms with van der Waals surface area (Å²) in [5, 5.41) is 0. The van der Waals surface area contributed by atoms with Gasteiger partial charge in [-0.3, -0.25) is 22.7 Å². The molecule has 3 heterocycles. The molecule has 35 heavy (non-hydrogen) atoms. The lowest BCUT2D eigenvalue weighted by molar-refractivity contribution is -0.0657. The van der Waals surface area contributed by atoms with E-state index in [-0.39, 0.29) is 12.2 Å². The number of benzene rings is 1. The number of aromatic nitrogens is 4. The highest BCUT2D eigenvalue weighted by Crippen LogP contribution is 2.57. The van der Waals surface area contributed by atoms with Gasteiger partial charge in [0.2, 0.25) is 0 Å². The van der Waals surface area contributed by atoms with Crippen molar-refractivity contribution < 1.29 is 41.7 Å². The standard InChI is InChI=1S/C18H23N5O9P2S/c1-28-33(24,25)30-9-18(35-12-6-4-3-5-7-12)13(32-34(26,27)29-2)8-14(31-18)23-11-22-15-16(19)20-10-21-17(15)23/h3-7,10-11,13-14H,8-9H2,1-2H3,(H,24,25)(H,26,27)(H2,19,20,21)/t13-,14+,18+/m0/s1. The summed E-state index contributed by atoms with van der Waals surface area (Å²) in [4.78, 5) is 31.4. The number of nitrogens with zero attached hydrogens (tertiary/aromatic N) is 4. The zero-order chi connectivity index (χ0) is 25.3. The Bertz CT molecular complexity index is 1280. The summed E-state index contributed by atoms with van der Waals surface area (Å²) in [6.45, 7) is -0.553. The second-order valence-electron chi connectivity index (χ2n) is 7.29. The van der Waals surface area contributed by atoms with Gasteiger partial charge in [0.15, 0.2) is 16.4 Å². The molecule has 0 amide bonds. The molecule has 2 unspecified atom stereocenters. The van der Waals surface area contributed by atoms with Gasteiger partial charge in [0.1, 0.15) is 30.8 Å². The summed E-state index contributed by atoms with van der Waals surface area (Å²) in [5.74, 6) is 0.161. The fourth-order valence-corrected chi connectivity index (χ4v) is 5.98. The molecule has 3 aromatic rings. The highest BCUT2D eigenvalue weighted by Gasteiger charge is 2.55. The van der Waals surface area contributed by atoms with Crippen LogP contribution in [0.4, 0.5) is 5.82 Å². The van der Waals surface area contributed by atoms with Gasteiger partial charge in [-0.25, -0.2) is 24.1 Å². The third-order valence-electron chi connectivity index (χ3n) is 5.12. The highest BCUT2D eigenvalue weighted by atomic mass is 32.2. The van der Waals surface area contributed by atoms with E-state index in [1.54, 1.807) is 34.9 Å². The maximum Gasteiger partial charge on any atom is 0.472 e. The molecule has 17 heteroatoms. The van der Waals surface area contributed by atoms with Crippen molar-refractivity contribution in [2.24, 2.45) is 0 Å². The number of nitrogens with two attached hydrogens (primary N) is 1. The van der Waals surface area contributed by atoms with E-state index in [2.05, 4.69) is 24.0 Å². The summed E-state index contributed by atoms with van der Waals surface area (Å²) < 4.78 is 52.2. The third-order valence-corrected chi connectivity index (χ3v) is 8.35. The maximum absolute atomic E-state index is 12.4. The van der Waals surface area contributed by atoms with Crippen LogP contribution in [0, 0.1) is 0 Å². The summed E-state index contributed by atoms with van der Waals surface area (Å²) in [5.41, 5.74) is 6.58. The van der Waals surface area contributed by atoms with Crippen LogP contribution < -0.4 is 5.73 Å². The number of phosphoric acid groups is 2. The molecule has 0 spiro atoms. The topological polar surface area (TPSA) is 190 Å². The molecule has 0 aliphatic carbocycles. The van der Waals surface area contributed by atoms with E-state index in [9.17, 15) is 18.9 Å². The number of imidazole rings is 1. The molecule has 14 nitrogen and oxygen atoms in total. The first-order valence-corrected chi connectivity index (χ1v) is 13.8. The molecule has 1 fully saturated rings. The number of phosphoric ester groups is 2. The van der Waals surface area contributed by atoms with Crippen molar-refractivity contribution >= 4 is 44.4 Å². The Morgan fingerprint density at radius 2 is 1.89 bits per heavy atom. The van der Waals surface area contributed by atoms with E-state index < -0.39 is 39.5 Å². The zero-order valence-corrected chi connectivity index (χ0v) is 21.1. The van der Waals surface area contributed by atoms with Gasteiger partial charge in [-0.15, -0.1) is 0 Å². The first kappa shape index (κ1) is 26.2. The van der Waals surface area contributed by atoms with Crippen LogP contribution in [0.1, 0.15) is 12.6 Å². The Hall–Kier alpha value is -1.90. The monoisotopic (exact) mass is 547 g/mol. The number of hydrogen-bond donors (Lipinski definition) is 3. The van der Waals surface area contributed by atoms with Crippen LogP contribution in [-0.4, -0.2) is 61.2 Å². The van der Waals surface area contributed by atoms with Gasteiger partial charge in [0.25, 0.3) is 0 Å². The normalized spacial score (nSPS) is 25.9. The Morgan fingerprint density at radius 1 is 1.17 bits per heavy atom. The lowest BCUT2D eigenvalue weighted by Crippen LogP contribution is -2.41. The number of anilines is 1. The number of thioether (sulfide) groups is 1. The second-order valence-corrected chi connectivity index (χ2v) is 11.7. The number of rotatable bonds is 10. The van der Waals surface area contributed by atoms with Gasteiger partial charge in [-0.1, -0.05) is 30.0 Å². The Balaban J connectivity index is 1.77. The van der Waals surface area contributed by atoms with E-state index in [0.717, 1.165) is 26.0 Å². The lowest BCUT2D eigenvalue weighted by atomic mass is 10.2. The van der Waals surface area contributed by atoms with Crippen molar-refractivity contribution in [1.82, 2.24) is 19.5 Å². The van der Waals surface area contributed by atoms with Crippen LogP contribution in [0.25, 0.3) is 11.2 Å². The average molecular weight is 547 g/mol. The van der Waals surface area contributed by atoms with Crippen molar-refractivity contribution in [2.75, 3.05) is 26.6 Å². The predicted molar refractivity (Wildman–Crippen MR) is 124 cm³/mol. The van der Waals surface area contributed by atoms with Crippen LogP contribution in [-0.2, 0) is 32.0 Å². The molecular formula is C18H23N5O9P2S. The molecule has 1 aromatic carbocycles. The van der Waals surface area contributed by atoms with Crippen molar-refractivity contribution in [3.05, 3.63) is 43.0 Å². The van der Waals surface area contributed by atoms with E-state index in [4.69, 9.17) is 19.5 Å². The Labute approximate surface area is 204 Å². The number of nitrogen functional groups attached to an aromatic ring is 1. The molecule has 190 valence electrons. The minimum atomic E-state index is -4.52. The number of ether oxygens (including phenoxy) is 1. The molecule has 1 aliphatic heterocycles. The van der Waals surface area contributed by atoms with Crippen LogP contribution in [0.2, 0.25) is 0 Å². The summed E-state index contributed by atoms with van der Waals surface area (Å²) in [7, 11) is -6.94. The quantitative estimate of drug-likeness (QED) is 0.314. The van der Waals surface area contributed by atoms with Gasteiger partial charge in [0, 0.05) is 25.5 Å². The zero-order valence-electron chi connectivity index (χ0n) is 18.5. The van der Waals surface area contributed by atoms with Crippen molar-refractivity contribution in [3.8, 4) is 0 Å². The predicted octanol–water partition coefficient (Wildman–Crippen LogP) is 2.71. The fourth-order valence-electron chi connectivity index (χ4n) is 3.45. The van der Waals surface area contributed by atoms with Crippen LogP contribution in [0.3, 0.4) is 0 Å². The van der Waals surface area contributed by atoms with Crippen molar-refractivity contribution in [2.45, 2.75) is 28.6 Å². The summed E-state index contributed by atoms with van der Waals surface area (Å²) in [6, 6.07) is 8.90. The second kappa shape index (κ2) is 10.2. The molecular weight excluding hydrogens is 524 g/mol. The van der Waals surface area contributed by atoms with E-state index in [1.165, 1.54) is 12.7 Å². The third kappa shape index (κ3) is 5.75. The minimum Gasteiger partial charge on any atom is -0.382 e. The maximum atomic E-state index is 12.4. The van der Waals surface area contributed by atoms with E-state index >= 15 is 0 Å². The molecule has 0 radical (unpaired) electrons. The SMILES string of the molecule is COP(=O)(O)OC[C@]1(Sc2ccccc2)O[C@@H](n2cnc3c(N)ncnc32)C[C@@H]1OP(=O)(O)OC. The van der Waals surface area contributed by atoms with E-state index in [1.807, 2.05) is 0 Å². The van der Waals surface area contributed by atoms with Crippen molar-refractivity contribution in [3.63, 3.8) is 0 Å². The van der Waals surface area contributed by atoms with Crippen LogP contribution in [0.15, 0.2) is 47.9 Å². The average Bonchev–Trinajstić information content (AvgIpc) is 3.41. The molecule has 4 N–H and O–H groups in total. The molecule has 0 saturated carbocycles. The van der Waals surface area contributed by atoms with Gasteiger partial charge in [-0.2, -0.15) is 0 Å². The van der Waals surface area contributed by atoms with Gasteiger partial charge in [0.05, 0.1) is 6.33 Å². The number of fused-ring (bicyclic) bond motifs is 1. The molecule has 4 rings (SSSR count). The summed E-state index contributed by atoms with van der Waals surface area (Å²) >= 11 is 1.08. The molecule has 0 bridgehead atoms. The molecule has 5 atom stereocenters. The van der Waals surface area contributed by atoms with Crippen LogP contribution in [0.5, 0.6) is 0 Å².